The first kappa shape index (κ1) is 44.1. The number of hydrogen-bond acceptors (Lipinski definition) is 25. The second-order valence-corrected chi connectivity index (χ2v) is 13.5. The van der Waals surface area contributed by atoms with Crippen LogP contribution in [0.1, 0.15) is 0 Å². The van der Waals surface area contributed by atoms with Crippen molar-refractivity contribution in [2.24, 2.45) is 0 Å². The SMILES string of the molecule is OC[C@H]1O[C@@H](O[C@@H]2[C@@H](O)[C@H](O[C@H]3[C@H](O[C@@H]4[C@H](O)[C@@H](O)C(O)O[C@@H]4CO)O[C@H](CO)[C@@H](O)[C@@H]3O[C@@H]3OC[C@@H](O)[C@H](O)[C@H]3O)O[C@H](CO)[C@H]2O)[C@H](O)[C@@H](O)[C@@H]1O. The lowest BCUT2D eigenvalue weighted by atomic mass is 9.95. The van der Waals surface area contributed by atoms with Crippen LogP contribution < -0.4 is 0 Å². The van der Waals surface area contributed by atoms with Gasteiger partial charge in [-0.3, -0.25) is 0 Å². The number of hydrogen-bond donors (Lipinski definition) is 16. The first-order chi connectivity index (χ1) is 25.6. The number of rotatable bonds is 12. The smallest absolute Gasteiger partial charge is 0.187 e. The summed E-state index contributed by atoms with van der Waals surface area (Å²) < 4.78 is 50.3. The standard InChI is InChI=1S/C29H50O25/c30-1-7-12(36)15(39)19(43)27(48-7)52-22-13(37)8(2-31)49-28(20(22)44)54-24-23(53-26-18(42)11(35)6(34)5-46-26)14(38)9(3-32)50-29(24)51-21-10(4-33)47-25(45)17(41)16(21)40/h6-45H,1-5H2/t6-,7-,8-,9-,10-,11+,12-,13-,14-,15+,16-,17-,18-,19-,20-,21+,22+,23+,24-,25?,26+,27+,28+,29+/m1/s1. The van der Waals surface area contributed by atoms with E-state index >= 15 is 0 Å². The van der Waals surface area contributed by atoms with Crippen LogP contribution in [0.25, 0.3) is 0 Å². The minimum Gasteiger partial charge on any atom is -0.394 e. The van der Waals surface area contributed by atoms with E-state index in [9.17, 15) is 81.7 Å². The van der Waals surface area contributed by atoms with Crippen molar-refractivity contribution in [2.75, 3.05) is 33.0 Å². The summed E-state index contributed by atoms with van der Waals surface area (Å²) >= 11 is 0. The quantitative estimate of drug-likeness (QED) is 0.0871. The summed E-state index contributed by atoms with van der Waals surface area (Å²) in [7, 11) is 0. The first-order valence-electron chi connectivity index (χ1n) is 17.0. The van der Waals surface area contributed by atoms with Crippen LogP contribution in [-0.2, 0) is 42.6 Å². The highest BCUT2D eigenvalue weighted by Crippen LogP contribution is 2.36. The van der Waals surface area contributed by atoms with Gasteiger partial charge in [-0.25, -0.2) is 0 Å². The Kier molecular flexibility index (Phi) is 15.3. The zero-order valence-electron chi connectivity index (χ0n) is 28.2. The Morgan fingerprint density at radius 2 is 0.815 bits per heavy atom. The summed E-state index contributed by atoms with van der Waals surface area (Å²) in [5.41, 5.74) is 0. The molecular weight excluding hydrogens is 748 g/mol. The molecule has 25 heteroatoms. The second-order valence-electron chi connectivity index (χ2n) is 13.5. The Bertz CT molecular complexity index is 1160. The normalized spacial score (nSPS) is 53.3. The van der Waals surface area contributed by atoms with E-state index in [1.54, 1.807) is 0 Å². The molecule has 0 aromatic rings. The molecule has 0 bridgehead atoms. The lowest BCUT2D eigenvalue weighted by molar-refractivity contribution is -0.408. The van der Waals surface area contributed by atoms with Crippen molar-refractivity contribution in [1.29, 1.82) is 0 Å². The molecule has 0 radical (unpaired) electrons. The summed E-state index contributed by atoms with van der Waals surface area (Å²) in [5.74, 6) is 0. The van der Waals surface area contributed by atoms with Crippen LogP contribution in [0.2, 0.25) is 0 Å². The lowest BCUT2D eigenvalue weighted by Crippen LogP contribution is -2.69. The maximum absolute atomic E-state index is 11.5. The van der Waals surface area contributed by atoms with Crippen molar-refractivity contribution < 1.29 is 124 Å². The lowest BCUT2D eigenvalue weighted by Gasteiger charge is -2.50. The first-order valence-corrected chi connectivity index (χ1v) is 17.0. The zero-order valence-corrected chi connectivity index (χ0v) is 28.2. The Morgan fingerprint density at radius 3 is 1.41 bits per heavy atom. The highest BCUT2D eigenvalue weighted by Gasteiger charge is 2.57. The van der Waals surface area contributed by atoms with Crippen molar-refractivity contribution in [2.45, 2.75) is 147 Å². The summed E-state index contributed by atoms with van der Waals surface area (Å²) in [4.78, 5) is 0. The third-order valence-electron chi connectivity index (χ3n) is 9.93. The molecule has 5 aliphatic heterocycles. The van der Waals surface area contributed by atoms with Gasteiger partial charge in [-0.15, -0.1) is 0 Å². The zero-order chi connectivity index (χ0) is 39.8. The van der Waals surface area contributed by atoms with Gasteiger partial charge in [-0.2, -0.15) is 0 Å². The highest BCUT2D eigenvalue weighted by atomic mass is 16.8. The molecule has 5 heterocycles. The second kappa shape index (κ2) is 18.7. The summed E-state index contributed by atoms with van der Waals surface area (Å²) in [5, 5.41) is 166. The molecule has 0 aromatic carbocycles. The van der Waals surface area contributed by atoms with E-state index in [2.05, 4.69) is 0 Å². The molecule has 16 N–H and O–H groups in total. The fourth-order valence-electron chi connectivity index (χ4n) is 6.71. The average Bonchev–Trinajstić information content (AvgIpc) is 3.16. The molecule has 5 aliphatic rings. The van der Waals surface area contributed by atoms with Gasteiger partial charge in [0.1, 0.15) is 116 Å². The number of ether oxygens (including phenoxy) is 9. The van der Waals surface area contributed by atoms with Gasteiger partial charge in [0.05, 0.1) is 33.0 Å². The number of aliphatic hydroxyl groups excluding tert-OH is 16. The summed E-state index contributed by atoms with van der Waals surface area (Å²) in [6, 6.07) is 0. The molecule has 5 rings (SSSR count). The van der Waals surface area contributed by atoms with E-state index in [-0.39, 0.29) is 0 Å². The van der Waals surface area contributed by atoms with Crippen molar-refractivity contribution in [3.63, 3.8) is 0 Å². The van der Waals surface area contributed by atoms with Gasteiger partial charge in [0.25, 0.3) is 0 Å². The van der Waals surface area contributed by atoms with Gasteiger partial charge in [0.2, 0.25) is 0 Å². The molecule has 0 aliphatic carbocycles. The molecule has 1 unspecified atom stereocenters. The fourth-order valence-corrected chi connectivity index (χ4v) is 6.71. The highest BCUT2D eigenvalue weighted by molar-refractivity contribution is 4.99. The predicted octanol–water partition coefficient (Wildman–Crippen LogP) is -11.3. The molecule has 0 amide bonds. The Labute approximate surface area is 305 Å². The molecule has 0 saturated carbocycles. The molecule has 0 spiro atoms. The van der Waals surface area contributed by atoms with Gasteiger partial charge in [-0.1, -0.05) is 0 Å². The van der Waals surface area contributed by atoms with Crippen LogP contribution >= 0.6 is 0 Å². The fraction of sp³-hybridized carbons (Fsp3) is 1.00. The molecule has 5 saturated heterocycles. The van der Waals surface area contributed by atoms with Crippen LogP contribution in [0.5, 0.6) is 0 Å². The van der Waals surface area contributed by atoms with E-state index in [4.69, 9.17) is 42.6 Å². The van der Waals surface area contributed by atoms with E-state index in [1.807, 2.05) is 0 Å². The van der Waals surface area contributed by atoms with Crippen LogP contribution in [0.4, 0.5) is 0 Å². The maximum atomic E-state index is 11.5. The molecule has 25 nitrogen and oxygen atoms in total. The molecule has 54 heavy (non-hydrogen) atoms. The maximum Gasteiger partial charge on any atom is 0.187 e. The molecule has 24 atom stereocenters. The average molecular weight is 799 g/mol. The van der Waals surface area contributed by atoms with Crippen LogP contribution in [-0.4, -0.2) is 262 Å². The van der Waals surface area contributed by atoms with Gasteiger partial charge in [0.15, 0.2) is 31.5 Å². The molecule has 0 aromatic heterocycles. The third kappa shape index (κ3) is 8.85. The van der Waals surface area contributed by atoms with Gasteiger partial charge in [-0.05, 0) is 0 Å². The van der Waals surface area contributed by atoms with Crippen molar-refractivity contribution >= 4 is 0 Å². The minimum absolute atomic E-state index is 0.585. The molecule has 5 fully saturated rings. The molecule has 316 valence electrons. The van der Waals surface area contributed by atoms with Crippen LogP contribution in [0.3, 0.4) is 0 Å². The van der Waals surface area contributed by atoms with E-state index < -0.39 is 180 Å². The largest absolute Gasteiger partial charge is 0.394 e. The summed E-state index contributed by atoms with van der Waals surface area (Å²) in [6.45, 7) is -4.31. The molecular formula is C29H50O25. The van der Waals surface area contributed by atoms with E-state index in [1.165, 1.54) is 0 Å². The Morgan fingerprint density at radius 1 is 0.352 bits per heavy atom. The minimum atomic E-state index is -2.18. The van der Waals surface area contributed by atoms with Crippen molar-refractivity contribution in [3.05, 3.63) is 0 Å². The van der Waals surface area contributed by atoms with Crippen LogP contribution in [0, 0.1) is 0 Å². The van der Waals surface area contributed by atoms with Crippen molar-refractivity contribution in [1.82, 2.24) is 0 Å². The van der Waals surface area contributed by atoms with Gasteiger partial charge >= 0.3 is 0 Å². The number of aliphatic hydroxyl groups is 16. The topological polar surface area (TPSA) is 407 Å². The predicted molar refractivity (Wildman–Crippen MR) is 161 cm³/mol. The summed E-state index contributed by atoms with van der Waals surface area (Å²) in [6.07, 6.45) is -45.1. The van der Waals surface area contributed by atoms with Crippen molar-refractivity contribution in [3.8, 4) is 0 Å². The Hall–Kier alpha value is -1.00. The monoisotopic (exact) mass is 798 g/mol. The Balaban J connectivity index is 1.48. The van der Waals surface area contributed by atoms with Gasteiger partial charge < -0.3 is 124 Å². The van der Waals surface area contributed by atoms with E-state index in [0.29, 0.717) is 0 Å². The van der Waals surface area contributed by atoms with Crippen LogP contribution in [0.15, 0.2) is 0 Å². The third-order valence-corrected chi connectivity index (χ3v) is 9.93. The van der Waals surface area contributed by atoms with Gasteiger partial charge in [0, 0.05) is 0 Å². The van der Waals surface area contributed by atoms with E-state index in [0.717, 1.165) is 0 Å².